The number of ether oxygens (including phenoxy) is 1. The lowest BCUT2D eigenvalue weighted by molar-refractivity contribution is -0.137. The zero-order chi connectivity index (χ0) is 14.3. The monoisotopic (exact) mass is 339 g/mol. The van der Waals surface area contributed by atoms with Gasteiger partial charge in [-0.2, -0.15) is 13.2 Å². The van der Waals surface area contributed by atoms with E-state index in [4.69, 9.17) is 4.74 Å². The van der Waals surface area contributed by atoms with Crippen LogP contribution in [-0.2, 0) is 10.9 Å². The van der Waals surface area contributed by atoms with Crippen molar-refractivity contribution in [2.45, 2.75) is 25.4 Å². The lowest BCUT2D eigenvalue weighted by atomic mass is 10.1. The Morgan fingerprint density at radius 3 is 2.58 bits per heavy atom. The van der Waals surface area contributed by atoms with Gasteiger partial charge in [-0.3, -0.25) is 0 Å². The number of unbranched alkanes of at least 4 members (excludes halogenated alkanes) is 2. The van der Waals surface area contributed by atoms with Gasteiger partial charge in [0.1, 0.15) is 0 Å². The molecular formula is C13H17BrF3NO. The van der Waals surface area contributed by atoms with Crippen LogP contribution in [0.15, 0.2) is 22.7 Å². The number of halogens is 4. The summed E-state index contributed by atoms with van der Waals surface area (Å²) in [4.78, 5) is 0. The standard InChI is InChI=1S/C13H17BrF3NO/c1-19-8-4-2-3-7-18-12-6-5-10(14)9-11(12)13(15,16)17/h5-6,9,18H,2-4,7-8H2,1H3. The molecule has 0 heterocycles. The van der Waals surface area contributed by atoms with Crippen molar-refractivity contribution in [3.8, 4) is 0 Å². The van der Waals surface area contributed by atoms with Gasteiger partial charge in [-0.05, 0) is 37.5 Å². The summed E-state index contributed by atoms with van der Waals surface area (Å²) in [6, 6.07) is 4.14. The Labute approximate surface area is 119 Å². The van der Waals surface area contributed by atoms with Crippen LogP contribution in [0.5, 0.6) is 0 Å². The van der Waals surface area contributed by atoms with Crippen LogP contribution in [0.3, 0.4) is 0 Å². The van der Waals surface area contributed by atoms with E-state index in [0.29, 0.717) is 17.6 Å². The van der Waals surface area contributed by atoms with E-state index in [1.54, 1.807) is 13.2 Å². The van der Waals surface area contributed by atoms with Crippen molar-refractivity contribution in [3.63, 3.8) is 0 Å². The normalized spacial score (nSPS) is 11.6. The number of benzene rings is 1. The van der Waals surface area contributed by atoms with Crippen molar-refractivity contribution in [2.75, 3.05) is 25.6 Å². The summed E-state index contributed by atoms with van der Waals surface area (Å²) >= 11 is 3.06. The summed E-state index contributed by atoms with van der Waals surface area (Å²) in [7, 11) is 1.63. The van der Waals surface area contributed by atoms with Crippen molar-refractivity contribution in [3.05, 3.63) is 28.2 Å². The molecule has 108 valence electrons. The first-order chi connectivity index (χ1) is 8.95. The molecule has 1 rings (SSSR count). The molecule has 0 aliphatic carbocycles. The molecule has 0 amide bonds. The van der Waals surface area contributed by atoms with E-state index in [1.807, 2.05) is 0 Å². The minimum absolute atomic E-state index is 0.127. The Bertz CT molecular complexity index is 396. The first-order valence-corrected chi connectivity index (χ1v) is 6.84. The summed E-state index contributed by atoms with van der Waals surface area (Å²) in [6.07, 6.45) is -1.68. The highest BCUT2D eigenvalue weighted by Crippen LogP contribution is 2.36. The van der Waals surface area contributed by atoms with Crippen LogP contribution in [0.25, 0.3) is 0 Å². The molecule has 0 aliphatic rings. The minimum atomic E-state index is -4.35. The van der Waals surface area contributed by atoms with E-state index in [2.05, 4.69) is 21.2 Å². The molecule has 0 atom stereocenters. The Balaban J connectivity index is 2.54. The first-order valence-electron chi connectivity index (χ1n) is 6.04. The number of alkyl halides is 3. The van der Waals surface area contributed by atoms with Gasteiger partial charge in [-0.15, -0.1) is 0 Å². The SMILES string of the molecule is COCCCCCNc1ccc(Br)cc1C(F)(F)F. The molecule has 6 heteroatoms. The third-order valence-corrected chi connectivity index (χ3v) is 3.12. The van der Waals surface area contributed by atoms with Crippen molar-refractivity contribution < 1.29 is 17.9 Å². The molecule has 1 aromatic rings. The van der Waals surface area contributed by atoms with Crippen LogP contribution in [0.2, 0.25) is 0 Å². The topological polar surface area (TPSA) is 21.3 Å². The quantitative estimate of drug-likeness (QED) is 0.727. The number of rotatable bonds is 7. The summed E-state index contributed by atoms with van der Waals surface area (Å²) in [5, 5.41) is 2.84. The molecule has 1 aromatic carbocycles. The van der Waals surface area contributed by atoms with Gasteiger partial charge in [-0.1, -0.05) is 15.9 Å². The summed E-state index contributed by atoms with van der Waals surface area (Å²) in [5.41, 5.74) is -0.513. The molecule has 19 heavy (non-hydrogen) atoms. The molecule has 0 radical (unpaired) electrons. The number of anilines is 1. The third kappa shape index (κ3) is 5.82. The summed E-state index contributed by atoms with van der Waals surface area (Å²) in [6.45, 7) is 1.21. The van der Waals surface area contributed by atoms with E-state index in [9.17, 15) is 13.2 Å². The highest BCUT2D eigenvalue weighted by atomic mass is 79.9. The molecule has 0 fully saturated rings. The maximum Gasteiger partial charge on any atom is 0.418 e. The Morgan fingerprint density at radius 1 is 1.21 bits per heavy atom. The third-order valence-electron chi connectivity index (χ3n) is 2.63. The van der Waals surface area contributed by atoms with Gasteiger partial charge in [0, 0.05) is 30.4 Å². The molecular weight excluding hydrogens is 323 g/mol. The van der Waals surface area contributed by atoms with Crippen molar-refractivity contribution >= 4 is 21.6 Å². The van der Waals surface area contributed by atoms with Crippen LogP contribution in [0.4, 0.5) is 18.9 Å². The van der Waals surface area contributed by atoms with Crippen LogP contribution in [0, 0.1) is 0 Å². The highest BCUT2D eigenvalue weighted by molar-refractivity contribution is 9.10. The van der Waals surface area contributed by atoms with E-state index < -0.39 is 11.7 Å². The average Bonchev–Trinajstić information content (AvgIpc) is 2.34. The summed E-state index contributed by atoms with van der Waals surface area (Å²) < 4.78 is 43.8. The van der Waals surface area contributed by atoms with Gasteiger partial charge in [0.2, 0.25) is 0 Å². The predicted octanol–water partition coefficient (Wildman–Crippen LogP) is 4.70. The molecule has 0 saturated heterocycles. The molecule has 0 saturated carbocycles. The van der Waals surface area contributed by atoms with E-state index in [1.165, 1.54) is 6.07 Å². The maximum atomic E-state index is 12.8. The second-order valence-corrected chi connectivity index (χ2v) is 5.08. The van der Waals surface area contributed by atoms with Gasteiger partial charge in [0.25, 0.3) is 0 Å². The zero-order valence-electron chi connectivity index (χ0n) is 10.7. The molecule has 0 spiro atoms. The average molecular weight is 340 g/mol. The molecule has 2 nitrogen and oxygen atoms in total. The van der Waals surface area contributed by atoms with Crippen LogP contribution < -0.4 is 5.32 Å². The molecule has 0 aromatic heterocycles. The second kappa shape index (κ2) is 7.75. The maximum absolute atomic E-state index is 12.8. The van der Waals surface area contributed by atoms with Gasteiger partial charge >= 0.3 is 6.18 Å². The predicted molar refractivity (Wildman–Crippen MR) is 73.4 cm³/mol. The Morgan fingerprint density at radius 2 is 1.95 bits per heavy atom. The summed E-state index contributed by atoms with van der Waals surface area (Å²) in [5.74, 6) is 0. The number of nitrogens with one attached hydrogen (secondary N) is 1. The van der Waals surface area contributed by atoms with Gasteiger partial charge in [0.15, 0.2) is 0 Å². The molecule has 1 N–H and O–H groups in total. The van der Waals surface area contributed by atoms with Gasteiger partial charge in [0.05, 0.1) is 5.56 Å². The van der Waals surface area contributed by atoms with Crippen LogP contribution >= 0.6 is 15.9 Å². The highest BCUT2D eigenvalue weighted by Gasteiger charge is 2.33. The van der Waals surface area contributed by atoms with E-state index in [0.717, 1.165) is 25.3 Å². The van der Waals surface area contributed by atoms with E-state index >= 15 is 0 Å². The van der Waals surface area contributed by atoms with Gasteiger partial charge in [-0.25, -0.2) is 0 Å². The Hall–Kier alpha value is -0.750. The van der Waals surface area contributed by atoms with Crippen molar-refractivity contribution in [1.29, 1.82) is 0 Å². The zero-order valence-corrected chi connectivity index (χ0v) is 12.3. The fourth-order valence-electron chi connectivity index (χ4n) is 1.68. The van der Waals surface area contributed by atoms with Crippen LogP contribution in [-0.4, -0.2) is 20.3 Å². The first kappa shape index (κ1) is 16.3. The smallest absolute Gasteiger partial charge is 0.385 e. The lowest BCUT2D eigenvalue weighted by Crippen LogP contribution is -2.11. The number of hydrogen-bond donors (Lipinski definition) is 1. The van der Waals surface area contributed by atoms with E-state index in [-0.39, 0.29) is 5.69 Å². The van der Waals surface area contributed by atoms with Crippen molar-refractivity contribution in [2.24, 2.45) is 0 Å². The Kier molecular flexibility index (Phi) is 6.65. The van der Waals surface area contributed by atoms with Gasteiger partial charge < -0.3 is 10.1 Å². The lowest BCUT2D eigenvalue weighted by Gasteiger charge is -2.15. The number of hydrogen-bond acceptors (Lipinski definition) is 2. The molecule has 0 aliphatic heterocycles. The minimum Gasteiger partial charge on any atom is -0.385 e. The van der Waals surface area contributed by atoms with Crippen LogP contribution in [0.1, 0.15) is 24.8 Å². The fraction of sp³-hybridized carbons (Fsp3) is 0.538. The number of methoxy groups -OCH3 is 1. The largest absolute Gasteiger partial charge is 0.418 e. The fourth-order valence-corrected chi connectivity index (χ4v) is 2.04. The van der Waals surface area contributed by atoms with Crippen molar-refractivity contribution in [1.82, 2.24) is 0 Å². The molecule has 0 bridgehead atoms. The molecule has 0 unspecified atom stereocenters. The second-order valence-electron chi connectivity index (χ2n) is 4.17.